The summed E-state index contributed by atoms with van der Waals surface area (Å²) in [6.07, 6.45) is 0. The number of Topliss-reactive ketones (excluding diaryl/α,β-unsaturated/α-hetero) is 1. The summed E-state index contributed by atoms with van der Waals surface area (Å²) in [5.41, 5.74) is 0. The molecule has 0 unspecified atom stereocenters. The minimum atomic E-state index is -0.209. The minimum Gasteiger partial charge on any atom is -0.300 e. The zero-order valence-electron chi connectivity index (χ0n) is 6.97. The fraction of sp³-hybridized carbons (Fsp3) is 0.222. The predicted molar refractivity (Wildman–Crippen MR) is 50.5 cm³/mol. The van der Waals surface area contributed by atoms with Crippen LogP contribution in [0.1, 0.15) is 13.8 Å². The van der Waals surface area contributed by atoms with Crippen LogP contribution >= 0.6 is 15.9 Å². The average molecular weight is 233 g/mol. The van der Waals surface area contributed by atoms with Gasteiger partial charge in [0.15, 0.2) is 0 Å². The minimum absolute atomic E-state index is 0.167. The van der Waals surface area contributed by atoms with Crippen LogP contribution in [0.5, 0.6) is 0 Å². The van der Waals surface area contributed by atoms with Crippen LogP contribution in [-0.2, 0) is 4.79 Å². The predicted octanol–water partition coefficient (Wildman–Crippen LogP) is 3.18. The molecule has 0 radical (unpaired) electrons. The molecule has 0 amide bonds. The van der Waals surface area contributed by atoms with Crippen molar-refractivity contribution in [3.8, 4) is 0 Å². The molecule has 1 nitrogen and oxygen atoms in total. The van der Waals surface area contributed by atoms with E-state index in [1.807, 2.05) is 0 Å². The van der Waals surface area contributed by atoms with Crippen LogP contribution < -0.4 is 0 Å². The normalized spacial score (nSPS) is 8.33. The molecule has 1 aromatic rings. The first-order valence-electron chi connectivity index (χ1n) is 3.40. The molecular formula is C9H10BrFO. The molecule has 0 atom stereocenters. The molecule has 0 N–H and O–H groups in total. The van der Waals surface area contributed by atoms with Gasteiger partial charge >= 0.3 is 0 Å². The van der Waals surface area contributed by atoms with E-state index in [0.29, 0.717) is 0 Å². The summed E-state index contributed by atoms with van der Waals surface area (Å²) in [7, 11) is 0. The third kappa shape index (κ3) is 7.41. The average Bonchev–Trinajstić information content (AvgIpc) is 1.84. The van der Waals surface area contributed by atoms with Gasteiger partial charge in [-0.3, -0.25) is 0 Å². The van der Waals surface area contributed by atoms with Crippen molar-refractivity contribution in [3.63, 3.8) is 0 Å². The van der Waals surface area contributed by atoms with E-state index in [0.717, 1.165) is 4.47 Å². The van der Waals surface area contributed by atoms with Crippen molar-refractivity contribution < 1.29 is 9.18 Å². The Kier molecular flexibility index (Phi) is 5.54. The Bertz CT molecular complexity index is 239. The topological polar surface area (TPSA) is 17.1 Å². The van der Waals surface area contributed by atoms with Crippen molar-refractivity contribution in [1.82, 2.24) is 0 Å². The number of carbonyl (C=O) groups is 1. The van der Waals surface area contributed by atoms with E-state index in [1.165, 1.54) is 26.0 Å². The lowest BCUT2D eigenvalue weighted by atomic mass is 10.4. The second-order valence-corrected chi connectivity index (χ2v) is 3.26. The van der Waals surface area contributed by atoms with Gasteiger partial charge in [-0.2, -0.15) is 0 Å². The lowest BCUT2D eigenvalue weighted by Crippen LogP contribution is -1.69. The monoisotopic (exact) mass is 232 g/mol. The molecule has 0 aliphatic heterocycles. The molecule has 12 heavy (non-hydrogen) atoms. The van der Waals surface area contributed by atoms with Crippen molar-refractivity contribution >= 4 is 21.7 Å². The molecule has 0 saturated heterocycles. The van der Waals surface area contributed by atoms with Crippen LogP contribution in [0.25, 0.3) is 0 Å². The van der Waals surface area contributed by atoms with Crippen LogP contribution in [0, 0.1) is 5.82 Å². The zero-order chi connectivity index (χ0) is 9.56. The number of halogens is 2. The van der Waals surface area contributed by atoms with E-state index in [2.05, 4.69) is 15.9 Å². The van der Waals surface area contributed by atoms with E-state index < -0.39 is 0 Å². The molecule has 0 heterocycles. The first kappa shape index (κ1) is 11.3. The molecule has 66 valence electrons. The lowest BCUT2D eigenvalue weighted by molar-refractivity contribution is -0.114. The summed E-state index contributed by atoms with van der Waals surface area (Å²) in [4.78, 5) is 9.44. The summed E-state index contributed by atoms with van der Waals surface area (Å²) in [5.74, 6) is -0.0422. The molecule has 0 fully saturated rings. The first-order chi connectivity index (χ1) is 5.52. The number of hydrogen-bond acceptors (Lipinski definition) is 1. The van der Waals surface area contributed by atoms with Crippen LogP contribution in [-0.4, -0.2) is 5.78 Å². The quantitative estimate of drug-likeness (QED) is 0.672. The van der Waals surface area contributed by atoms with Crippen molar-refractivity contribution in [2.45, 2.75) is 13.8 Å². The van der Waals surface area contributed by atoms with Gasteiger partial charge in [0.05, 0.1) is 0 Å². The molecule has 1 rings (SSSR count). The second kappa shape index (κ2) is 5.89. The SMILES string of the molecule is CC(C)=O.Fc1cccc(Br)c1. The van der Waals surface area contributed by atoms with Crippen LogP contribution in [0.4, 0.5) is 4.39 Å². The van der Waals surface area contributed by atoms with Crippen molar-refractivity contribution in [2.75, 3.05) is 0 Å². The zero-order valence-corrected chi connectivity index (χ0v) is 8.56. The van der Waals surface area contributed by atoms with Gasteiger partial charge in [-0.25, -0.2) is 4.39 Å². The van der Waals surface area contributed by atoms with Crippen LogP contribution in [0.3, 0.4) is 0 Å². The summed E-state index contributed by atoms with van der Waals surface area (Å²) >= 11 is 3.12. The van der Waals surface area contributed by atoms with Crippen molar-refractivity contribution in [3.05, 3.63) is 34.6 Å². The van der Waals surface area contributed by atoms with Gasteiger partial charge in [0.1, 0.15) is 11.6 Å². The molecule has 0 aliphatic carbocycles. The highest BCUT2D eigenvalue weighted by Crippen LogP contribution is 2.09. The molecule has 0 bridgehead atoms. The number of ketones is 1. The number of benzene rings is 1. The van der Waals surface area contributed by atoms with Crippen molar-refractivity contribution in [2.24, 2.45) is 0 Å². The smallest absolute Gasteiger partial charge is 0.126 e. The molecule has 1 aromatic carbocycles. The molecule has 3 heteroatoms. The summed E-state index contributed by atoms with van der Waals surface area (Å²) in [6, 6.07) is 6.26. The van der Waals surface area contributed by atoms with E-state index in [4.69, 9.17) is 0 Å². The lowest BCUT2D eigenvalue weighted by Gasteiger charge is -1.85. The van der Waals surface area contributed by atoms with Gasteiger partial charge in [-0.1, -0.05) is 22.0 Å². The Morgan fingerprint density at radius 2 is 1.92 bits per heavy atom. The molecule has 0 aliphatic rings. The van der Waals surface area contributed by atoms with E-state index >= 15 is 0 Å². The maximum atomic E-state index is 12.1. The molecule has 0 spiro atoms. The Balaban J connectivity index is 0.000000261. The third-order valence-electron chi connectivity index (χ3n) is 0.787. The molecule has 0 saturated carbocycles. The van der Waals surface area contributed by atoms with Gasteiger partial charge in [0.2, 0.25) is 0 Å². The number of carbonyl (C=O) groups excluding carboxylic acids is 1. The first-order valence-corrected chi connectivity index (χ1v) is 4.20. The summed E-state index contributed by atoms with van der Waals surface area (Å²) in [6.45, 7) is 3.06. The highest BCUT2D eigenvalue weighted by molar-refractivity contribution is 9.10. The van der Waals surface area contributed by atoms with Gasteiger partial charge in [-0.15, -0.1) is 0 Å². The Hall–Kier alpha value is -0.700. The van der Waals surface area contributed by atoms with Gasteiger partial charge in [-0.05, 0) is 32.0 Å². The van der Waals surface area contributed by atoms with Crippen LogP contribution in [0.2, 0.25) is 0 Å². The third-order valence-corrected chi connectivity index (χ3v) is 1.28. The van der Waals surface area contributed by atoms with Gasteiger partial charge < -0.3 is 4.79 Å². The summed E-state index contributed by atoms with van der Waals surface area (Å²) in [5, 5.41) is 0. The molecule has 0 aromatic heterocycles. The van der Waals surface area contributed by atoms with Crippen LogP contribution in [0.15, 0.2) is 28.7 Å². The fourth-order valence-corrected chi connectivity index (χ4v) is 0.831. The maximum Gasteiger partial charge on any atom is 0.126 e. The highest BCUT2D eigenvalue weighted by atomic mass is 79.9. The van der Waals surface area contributed by atoms with E-state index in [-0.39, 0.29) is 11.6 Å². The largest absolute Gasteiger partial charge is 0.300 e. The Morgan fingerprint density at radius 1 is 1.42 bits per heavy atom. The fourth-order valence-electron chi connectivity index (χ4n) is 0.460. The Morgan fingerprint density at radius 3 is 2.17 bits per heavy atom. The van der Waals surface area contributed by atoms with Gasteiger partial charge in [0, 0.05) is 4.47 Å². The summed E-state index contributed by atoms with van der Waals surface area (Å²) < 4.78 is 12.9. The number of hydrogen-bond donors (Lipinski definition) is 0. The van der Waals surface area contributed by atoms with Gasteiger partial charge in [0.25, 0.3) is 0 Å². The standard InChI is InChI=1S/C6H4BrF.C3H6O/c7-5-2-1-3-6(8)4-5;1-3(2)4/h1-4H;1-2H3. The van der Waals surface area contributed by atoms with Crippen molar-refractivity contribution in [1.29, 1.82) is 0 Å². The highest BCUT2D eigenvalue weighted by Gasteiger charge is 1.86. The van der Waals surface area contributed by atoms with E-state index in [1.54, 1.807) is 12.1 Å². The van der Waals surface area contributed by atoms with E-state index in [9.17, 15) is 9.18 Å². The number of rotatable bonds is 0. The second-order valence-electron chi connectivity index (χ2n) is 2.35. The Labute approximate surface area is 79.7 Å². The molecular weight excluding hydrogens is 223 g/mol. The maximum absolute atomic E-state index is 12.1.